The standard InChI is InChI=1S/C10H13N3O/c1-8(14)4-5-12-10-3-2-9(6-11)7-13-10/h2-3,7-8,14H,4-5H2,1H3,(H,12,13). The SMILES string of the molecule is CC(O)CCNc1ccc(C#N)cn1. The van der Waals surface area contributed by atoms with Gasteiger partial charge in [0.1, 0.15) is 11.9 Å². The molecule has 74 valence electrons. The van der Waals surface area contributed by atoms with E-state index >= 15 is 0 Å². The molecule has 1 rings (SSSR count). The summed E-state index contributed by atoms with van der Waals surface area (Å²) in [6.07, 6.45) is 1.90. The summed E-state index contributed by atoms with van der Waals surface area (Å²) in [5, 5.41) is 20.6. The van der Waals surface area contributed by atoms with E-state index in [2.05, 4.69) is 10.3 Å². The van der Waals surface area contributed by atoms with Gasteiger partial charge >= 0.3 is 0 Å². The molecule has 0 saturated carbocycles. The molecule has 0 fully saturated rings. The third-order valence-electron chi connectivity index (χ3n) is 1.76. The molecule has 2 N–H and O–H groups in total. The highest BCUT2D eigenvalue weighted by atomic mass is 16.3. The van der Waals surface area contributed by atoms with Crippen LogP contribution in [0.5, 0.6) is 0 Å². The van der Waals surface area contributed by atoms with Crippen LogP contribution >= 0.6 is 0 Å². The summed E-state index contributed by atoms with van der Waals surface area (Å²) in [6, 6.07) is 5.45. The third kappa shape index (κ3) is 3.42. The van der Waals surface area contributed by atoms with Gasteiger partial charge in [0.05, 0.1) is 11.7 Å². The Labute approximate surface area is 83.2 Å². The van der Waals surface area contributed by atoms with Gasteiger partial charge in [-0.3, -0.25) is 0 Å². The molecule has 1 aromatic rings. The molecule has 0 radical (unpaired) electrons. The summed E-state index contributed by atoms with van der Waals surface area (Å²) < 4.78 is 0. The maximum Gasteiger partial charge on any atom is 0.125 e. The number of pyridine rings is 1. The lowest BCUT2D eigenvalue weighted by Gasteiger charge is -2.06. The Morgan fingerprint density at radius 2 is 2.43 bits per heavy atom. The number of aliphatic hydroxyl groups is 1. The summed E-state index contributed by atoms with van der Waals surface area (Å²) in [4.78, 5) is 4.03. The second kappa shape index (κ2) is 5.20. The predicted octanol–water partition coefficient (Wildman–Crippen LogP) is 1.14. The Balaban J connectivity index is 2.41. The van der Waals surface area contributed by atoms with E-state index < -0.39 is 0 Å². The van der Waals surface area contributed by atoms with Gasteiger partial charge in [0, 0.05) is 12.7 Å². The number of hydrogen-bond acceptors (Lipinski definition) is 4. The molecule has 0 bridgehead atoms. The number of rotatable bonds is 4. The highest BCUT2D eigenvalue weighted by Crippen LogP contribution is 2.04. The van der Waals surface area contributed by atoms with E-state index in [1.807, 2.05) is 6.07 Å². The summed E-state index contributed by atoms with van der Waals surface area (Å²) in [7, 11) is 0. The molecule has 0 aliphatic carbocycles. The molecular weight excluding hydrogens is 178 g/mol. The predicted molar refractivity (Wildman–Crippen MR) is 53.7 cm³/mol. The lowest BCUT2D eigenvalue weighted by atomic mass is 10.3. The van der Waals surface area contributed by atoms with Crippen LogP contribution in [0.3, 0.4) is 0 Å². The summed E-state index contributed by atoms with van der Waals surface area (Å²) in [6.45, 7) is 2.42. The van der Waals surface area contributed by atoms with Crippen LogP contribution in [0.25, 0.3) is 0 Å². The number of aromatic nitrogens is 1. The van der Waals surface area contributed by atoms with E-state index in [1.54, 1.807) is 19.1 Å². The Bertz CT molecular complexity index is 313. The summed E-state index contributed by atoms with van der Waals surface area (Å²) in [5.41, 5.74) is 0.547. The number of nitrogens with zero attached hydrogens (tertiary/aromatic N) is 2. The quantitative estimate of drug-likeness (QED) is 0.748. The van der Waals surface area contributed by atoms with Crippen LogP contribution < -0.4 is 5.32 Å². The van der Waals surface area contributed by atoms with E-state index in [0.717, 1.165) is 5.82 Å². The second-order valence-corrected chi connectivity index (χ2v) is 3.11. The van der Waals surface area contributed by atoms with Crippen LogP contribution in [-0.4, -0.2) is 22.7 Å². The van der Waals surface area contributed by atoms with Crippen LogP contribution in [0.4, 0.5) is 5.82 Å². The van der Waals surface area contributed by atoms with Crippen molar-refractivity contribution in [1.29, 1.82) is 5.26 Å². The topological polar surface area (TPSA) is 68.9 Å². The van der Waals surface area contributed by atoms with Crippen molar-refractivity contribution in [1.82, 2.24) is 4.98 Å². The minimum atomic E-state index is -0.305. The Morgan fingerprint density at radius 3 is 2.93 bits per heavy atom. The number of anilines is 1. The van der Waals surface area contributed by atoms with Gasteiger partial charge in [0.25, 0.3) is 0 Å². The van der Waals surface area contributed by atoms with Crippen molar-refractivity contribution in [3.63, 3.8) is 0 Å². The first-order valence-corrected chi connectivity index (χ1v) is 4.50. The average Bonchev–Trinajstić information content (AvgIpc) is 2.18. The molecule has 0 aliphatic heterocycles. The summed E-state index contributed by atoms with van der Waals surface area (Å²) in [5.74, 6) is 0.727. The highest BCUT2D eigenvalue weighted by molar-refractivity contribution is 5.38. The molecule has 4 heteroatoms. The van der Waals surface area contributed by atoms with Gasteiger partial charge in [-0.2, -0.15) is 5.26 Å². The molecule has 0 amide bonds. The van der Waals surface area contributed by atoms with Gasteiger partial charge in [0.2, 0.25) is 0 Å². The Morgan fingerprint density at radius 1 is 1.64 bits per heavy atom. The molecule has 4 nitrogen and oxygen atoms in total. The molecule has 0 aromatic carbocycles. The van der Waals surface area contributed by atoms with Gasteiger partial charge in [-0.25, -0.2) is 4.98 Å². The van der Waals surface area contributed by atoms with E-state index in [0.29, 0.717) is 18.5 Å². The second-order valence-electron chi connectivity index (χ2n) is 3.11. The van der Waals surface area contributed by atoms with E-state index in [1.165, 1.54) is 6.20 Å². The Hall–Kier alpha value is -1.60. The molecule has 0 saturated heterocycles. The van der Waals surface area contributed by atoms with Crippen molar-refractivity contribution in [2.24, 2.45) is 0 Å². The summed E-state index contributed by atoms with van der Waals surface area (Å²) >= 11 is 0. The zero-order valence-electron chi connectivity index (χ0n) is 8.07. The van der Waals surface area contributed by atoms with Crippen LogP contribution in [0, 0.1) is 11.3 Å². The molecule has 0 spiro atoms. The van der Waals surface area contributed by atoms with Crippen molar-refractivity contribution < 1.29 is 5.11 Å². The van der Waals surface area contributed by atoms with Crippen molar-refractivity contribution >= 4 is 5.82 Å². The van der Waals surface area contributed by atoms with Gasteiger partial charge < -0.3 is 10.4 Å². The number of aliphatic hydroxyl groups excluding tert-OH is 1. The first-order chi connectivity index (χ1) is 6.72. The van der Waals surface area contributed by atoms with Crippen molar-refractivity contribution in [2.75, 3.05) is 11.9 Å². The van der Waals surface area contributed by atoms with Gasteiger partial charge in [-0.15, -0.1) is 0 Å². The van der Waals surface area contributed by atoms with Crippen LogP contribution in [0.2, 0.25) is 0 Å². The maximum absolute atomic E-state index is 9.01. The van der Waals surface area contributed by atoms with Gasteiger partial charge in [-0.05, 0) is 25.5 Å². The van der Waals surface area contributed by atoms with E-state index in [9.17, 15) is 0 Å². The van der Waals surface area contributed by atoms with Crippen molar-refractivity contribution in [3.8, 4) is 6.07 Å². The zero-order chi connectivity index (χ0) is 10.4. The highest BCUT2D eigenvalue weighted by Gasteiger charge is 1.96. The molecule has 1 atom stereocenters. The lowest BCUT2D eigenvalue weighted by molar-refractivity contribution is 0.188. The fraction of sp³-hybridized carbons (Fsp3) is 0.400. The third-order valence-corrected chi connectivity index (χ3v) is 1.76. The van der Waals surface area contributed by atoms with Crippen molar-refractivity contribution in [3.05, 3.63) is 23.9 Å². The minimum Gasteiger partial charge on any atom is -0.393 e. The number of hydrogen-bond donors (Lipinski definition) is 2. The molecule has 1 aromatic heterocycles. The molecule has 0 aliphatic rings. The van der Waals surface area contributed by atoms with Gasteiger partial charge in [-0.1, -0.05) is 0 Å². The molecule has 14 heavy (non-hydrogen) atoms. The minimum absolute atomic E-state index is 0.305. The molecular formula is C10H13N3O. The average molecular weight is 191 g/mol. The first kappa shape index (κ1) is 10.5. The largest absolute Gasteiger partial charge is 0.393 e. The van der Waals surface area contributed by atoms with Gasteiger partial charge in [0.15, 0.2) is 0 Å². The number of nitrogens with one attached hydrogen (secondary N) is 1. The smallest absolute Gasteiger partial charge is 0.125 e. The first-order valence-electron chi connectivity index (χ1n) is 4.50. The molecule has 1 heterocycles. The number of nitriles is 1. The fourth-order valence-corrected chi connectivity index (χ4v) is 0.974. The van der Waals surface area contributed by atoms with Crippen LogP contribution in [0.15, 0.2) is 18.3 Å². The van der Waals surface area contributed by atoms with E-state index in [4.69, 9.17) is 10.4 Å². The normalized spacial score (nSPS) is 11.8. The fourth-order valence-electron chi connectivity index (χ4n) is 0.974. The zero-order valence-corrected chi connectivity index (χ0v) is 8.07. The molecule has 1 unspecified atom stereocenters. The van der Waals surface area contributed by atoms with Crippen LogP contribution in [-0.2, 0) is 0 Å². The van der Waals surface area contributed by atoms with Crippen molar-refractivity contribution in [2.45, 2.75) is 19.4 Å². The van der Waals surface area contributed by atoms with E-state index in [-0.39, 0.29) is 6.10 Å². The van der Waals surface area contributed by atoms with Crippen LogP contribution in [0.1, 0.15) is 18.9 Å². The maximum atomic E-state index is 9.01. The monoisotopic (exact) mass is 191 g/mol. The Kier molecular flexibility index (Phi) is 3.89. The lowest BCUT2D eigenvalue weighted by Crippen LogP contribution is -2.10.